The highest BCUT2D eigenvalue weighted by atomic mass is 79.9. The van der Waals surface area contributed by atoms with Crippen LogP contribution >= 0.6 is 27.5 Å². The standard InChI is InChI=1S/C9H6BrClF2O/c10-7-4-2-1-3-6(7)5-9(12,13)8(11)14/h1-4H,5H2. The van der Waals surface area contributed by atoms with Gasteiger partial charge in [0.25, 0.3) is 5.24 Å². The van der Waals surface area contributed by atoms with Gasteiger partial charge in [0.2, 0.25) is 0 Å². The molecular formula is C9H6BrClF2O. The Morgan fingerprint density at radius 3 is 2.50 bits per heavy atom. The molecule has 1 rings (SSSR count). The summed E-state index contributed by atoms with van der Waals surface area (Å²) in [5.74, 6) is -3.51. The van der Waals surface area contributed by atoms with E-state index in [4.69, 9.17) is 11.6 Å². The second-order valence-electron chi connectivity index (χ2n) is 2.75. The van der Waals surface area contributed by atoms with Crippen LogP contribution in [-0.4, -0.2) is 11.2 Å². The summed E-state index contributed by atoms with van der Waals surface area (Å²) in [4.78, 5) is 10.4. The van der Waals surface area contributed by atoms with E-state index in [1.165, 1.54) is 6.07 Å². The molecule has 0 aromatic heterocycles. The molecule has 0 saturated carbocycles. The maximum Gasteiger partial charge on any atom is 0.324 e. The van der Waals surface area contributed by atoms with Crippen molar-refractivity contribution in [2.45, 2.75) is 12.3 Å². The fraction of sp³-hybridized carbons (Fsp3) is 0.222. The molecule has 0 atom stereocenters. The molecule has 0 aliphatic heterocycles. The van der Waals surface area contributed by atoms with E-state index in [9.17, 15) is 13.6 Å². The SMILES string of the molecule is O=C(Cl)C(F)(F)Cc1ccccc1Br. The summed E-state index contributed by atoms with van der Waals surface area (Å²) < 4.78 is 26.4. The van der Waals surface area contributed by atoms with Crippen LogP contribution in [0.2, 0.25) is 0 Å². The molecule has 1 aromatic carbocycles. The number of halogens is 4. The molecule has 14 heavy (non-hydrogen) atoms. The number of rotatable bonds is 3. The number of alkyl halides is 2. The molecule has 0 aliphatic rings. The Kier molecular flexibility index (Phi) is 3.61. The third-order valence-electron chi connectivity index (χ3n) is 1.66. The van der Waals surface area contributed by atoms with Crippen molar-refractivity contribution in [1.29, 1.82) is 0 Å². The molecule has 0 fully saturated rings. The number of carbonyl (C=O) groups is 1. The Morgan fingerprint density at radius 2 is 2.00 bits per heavy atom. The first-order valence-electron chi connectivity index (χ1n) is 3.74. The molecule has 0 radical (unpaired) electrons. The first-order chi connectivity index (χ1) is 6.43. The minimum atomic E-state index is -3.51. The van der Waals surface area contributed by atoms with Crippen molar-refractivity contribution in [3.8, 4) is 0 Å². The lowest BCUT2D eigenvalue weighted by molar-refractivity contribution is -0.133. The number of hydrogen-bond donors (Lipinski definition) is 0. The monoisotopic (exact) mass is 282 g/mol. The molecule has 0 unspecified atom stereocenters. The number of benzene rings is 1. The first kappa shape index (κ1) is 11.6. The summed E-state index contributed by atoms with van der Waals surface area (Å²) >= 11 is 7.88. The fourth-order valence-corrected chi connectivity index (χ4v) is 1.44. The Bertz CT molecular complexity index is 354. The topological polar surface area (TPSA) is 17.1 Å². The highest BCUT2D eigenvalue weighted by Gasteiger charge is 2.37. The van der Waals surface area contributed by atoms with Crippen LogP contribution in [0.15, 0.2) is 28.7 Å². The van der Waals surface area contributed by atoms with Crippen molar-refractivity contribution >= 4 is 32.8 Å². The van der Waals surface area contributed by atoms with Crippen molar-refractivity contribution in [2.75, 3.05) is 0 Å². The second kappa shape index (κ2) is 4.36. The van der Waals surface area contributed by atoms with Gasteiger partial charge < -0.3 is 0 Å². The number of carbonyl (C=O) groups excluding carboxylic acids is 1. The lowest BCUT2D eigenvalue weighted by atomic mass is 10.1. The van der Waals surface area contributed by atoms with E-state index in [2.05, 4.69) is 15.9 Å². The summed E-state index contributed by atoms with van der Waals surface area (Å²) in [6.07, 6.45) is -0.684. The average molecular weight is 283 g/mol. The molecule has 0 bridgehead atoms. The Morgan fingerprint density at radius 1 is 1.43 bits per heavy atom. The van der Waals surface area contributed by atoms with E-state index in [0.29, 0.717) is 10.0 Å². The third-order valence-corrected chi connectivity index (χ3v) is 2.71. The van der Waals surface area contributed by atoms with E-state index < -0.39 is 17.6 Å². The van der Waals surface area contributed by atoms with Crippen molar-refractivity contribution in [3.63, 3.8) is 0 Å². The van der Waals surface area contributed by atoms with Crippen LogP contribution in [0.5, 0.6) is 0 Å². The van der Waals surface area contributed by atoms with E-state index >= 15 is 0 Å². The average Bonchev–Trinajstić information content (AvgIpc) is 2.08. The maximum absolute atomic E-state index is 12.9. The van der Waals surface area contributed by atoms with E-state index in [1.807, 2.05) is 0 Å². The summed E-state index contributed by atoms with van der Waals surface area (Å²) in [6, 6.07) is 6.46. The van der Waals surface area contributed by atoms with Crippen LogP contribution in [0.3, 0.4) is 0 Å². The predicted octanol–water partition coefficient (Wildman–Crippen LogP) is 3.39. The second-order valence-corrected chi connectivity index (χ2v) is 3.94. The molecule has 0 spiro atoms. The van der Waals surface area contributed by atoms with Crippen LogP contribution in [0.1, 0.15) is 5.56 Å². The molecule has 0 saturated heterocycles. The fourth-order valence-electron chi connectivity index (χ4n) is 0.950. The van der Waals surface area contributed by atoms with Gasteiger partial charge in [0.05, 0.1) is 0 Å². The van der Waals surface area contributed by atoms with E-state index in [1.54, 1.807) is 18.2 Å². The normalized spacial score (nSPS) is 11.4. The minimum Gasteiger partial charge on any atom is -0.274 e. The lowest BCUT2D eigenvalue weighted by Gasteiger charge is -2.11. The van der Waals surface area contributed by atoms with Crippen LogP contribution in [-0.2, 0) is 11.2 Å². The summed E-state index contributed by atoms with van der Waals surface area (Å²) in [5, 5.41) is -1.63. The van der Waals surface area contributed by atoms with Gasteiger partial charge in [-0.05, 0) is 23.2 Å². The largest absolute Gasteiger partial charge is 0.324 e. The zero-order chi connectivity index (χ0) is 10.8. The smallest absolute Gasteiger partial charge is 0.274 e. The first-order valence-corrected chi connectivity index (χ1v) is 4.92. The van der Waals surface area contributed by atoms with Crippen molar-refractivity contribution in [1.82, 2.24) is 0 Å². The molecule has 76 valence electrons. The van der Waals surface area contributed by atoms with Crippen molar-refractivity contribution in [2.24, 2.45) is 0 Å². The van der Waals surface area contributed by atoms with Crippen LogP contribution < -0.4 is 0 Å². The zero-order valence-corrected chi connectivity index (χ0v) is 9.28. The highest BCUT2D eigenvalue weighted by Crippen LogP contribution is 2.26. The Labute approximate surface area is 93.2 Å². The van der Waals surface area contributed by atoms with Gasteiger partial charge in [-0.2, -0.15) is 8.78 Å². The predicted molar refractivity (Wildman–Crippen MR) is 53.7 cm³/mol. The molecule has 1 nitrogen and oxygen atoms in total. The van der Waals surface area contributed by atoms with Gasteiger partial charge in [-0.25, -0.2) is 0 Å². The van der Waals surface area contributed by atoms with E-state index in [-0.39, 0.29) is 0 Å². The summed E-state index contributed by atoms with van der Waals surface area (Å²) in [5.41, 5.74) is 0.353. The number of hydrogen-bond acceptors (Lipinski definition) is 1. The third kappa shape index (κ3) is 2.75. The molecule has 0 heterocycles. The maximum atomic E-state index is 12.9. The van der Waals surface area contributed by atoms with Gasteiger partial charge in [-0.15, -0.1) is 0 Å². The van der Waals surface area contributed by atoms with Crippen molar-refractivity contribution < 1.29 is 13.6 Å². The van der Waals surface area contributed by atoms with Gasteiger partial charge in [0, 0.05) is 10.9 Å². The zero-order valence-electron chi connectivity index (χ0n) is 6.94. The Hall–Kier alpha value is -0.480. The molecule has 0 N–H and O–H groups in total. The molecule has 5 heteroatoms. The molecule has 0 amide bonds. The Balaban J connectivity index is 2.89. The highest BCUT2D eigenvalue weighted by molar-refractivity contribution is 9.10. The molecular weight excluding hydrogens is 277 g/mol. The summed E-state index contributed by atoms with van der Waals surface area (Å²) in [7, 11) is 0. The van der Waals surface area contributed by atoms with Gasteiger partial charge in [0.15, 0.2) is 0 Å². The molecule has 0 aliphatic carbocycles. The van der Waals surface area contributed by atoms with E-state index in [0.717, 1.165) is 0 Å². The minimum absolute atomic E-state index is 0.353. The van der Waals surface area contributed by atoms with Gasteiger partial charge >= 0.3 is 5.92 Å². The van der Waals surface area contributed by atoms with Gasteiger partial charge in [0.1, 0.15) is 0 Å². The lowest BCUT2D eigenvalue weighted by Crippen LogP contribution is -2.27. The van der Waals surface area contributed by atoms with Gasteiger partial charge in [-0.1, -0.05) is 34.1 Å². The van der Waals surface area contributed by atoms with Gasteiger partial charge in [-0.3, -0.25) is 4.79 Å². The quantitative estimate of drug-likeness (QED) is 0.777. The van der Waals surface area contributed by atoms with Crippen LogP contribution in [0.4, 0.5) is 8.78 Å². The summed E-state index contributed by atoms with van der Waals surface area (Å²) in [6.45, 7) is 0. The van der Waals surface area contributed by atoms with Crippen LogP contribution in [0.25, 0.3) is 0 Å². The van der Waals surface area contributed by atoms with Crippen LogP contribution in [0, 0.1) is 0 Å². The molecule has 1 aromatic rings. The van der Waals surface area contributed by atoms with Crippen molar-refractivity contribution in [3.05, 3.63) is 34.3 Å².